The molecule has 2 heterocycles. The Kier molecular flexibility index (Phi) is 8.89. The number of amides is 1. The van der Waals surface area contributed by atoms with Crippen molar-refractivity contribution in [2.45, 2.75) is 52.0 Å². The number of nitrogens with one attached hydrogen (secondary N) is 3. The van der Waals surface area contributed by atoms with E-state index in [0.29, 0.717) is 25.9 Å². The van der Waals surface area contributed by atoms with Crippen LogP contribution in [0.3, 0.4) is 0 Å². The van der Waals surface area contributed by atoms with E-state index in [9.17, 15) is 18.0 Å². The molecule has 10 heteroatoms. The van der Waals surface area contributed by atoms with E-state index in [-0.39, 0.29) is 36.1 Å². The highest BCUT2D eigenvalue weighted by Gasteiger charge is 2.27. The summed E-state index contributed by atoms with van der Waals surface area (Å²) in [4.78, 5) is 29.0. The number of aryl methyl sites for hydroxylation is 3. The van der Waals surface area contributed by atoms with Crippen molar-refractivity contribution in [2.24, 2.45) is 0 Å². The van der Waals surface area contributed by atoms with E-state index < -0.39 is 15.9 Å². The molecule has 1 amide bonds. The van der Waals surface area contributed by atoms with Gasteiger partial charge in [-0.2, -0.15) is 0 Å². The maximum atomic E-state index is 13.2. The molecule has 0 bridgehead atoms. The summed E-state index contributed by atoms with van der Waals surface area (Å²) in [5.74, 6) is -0.362. The number of aromatic amines is 1. The number of sulfonamides is 1. The van der Waals surface area contributed by atoms with Crippen LogP contribution in [0, 0.1) is 13.8 Å². The number of hydrogen-bond acceptors (Lipinski definition) is 6. The Labute approximate surface area is 250 Å². The second-order valence-corrected chi connectivity index (χ2v) is 12.9. The molecular weight excluding hydrogens is 574 g/mol. The number of carbonyl (C=O) groups is 2. The minimum absolute atomic E-state index is 0.0447. The van der Waals surface area contributed by atoms with E-state index in [1.807, 2.05) is 74.5 Å². The van der Waals surface area contributed by atoms with Crippen molar-refractivity contribution in [2.75, 3.05) is 17.7 Å². The van der Waals surface area contributed by atoms with E-state index >= 15 is 0 Å². The summed E-state index contributed by atoms with van der Waals surface area (Å²) in [7, 11) is -3.96. The number of benzene rings is 3. The molecule has 0 radical (unpaired) electrons. The van der Waals surface area contributed by atoms with Crippen LogP contribution in [0.25, 0.3) is 10.9 Å². The van der Waals surface area contributed by atoms with E-state index in [1.165, 1.54) is 0 Å². The number of carbonyl (C=O) groups excluding carboxylic acids is 2. The maximum Gasteiger partial charge on any atom is 0.281 e. The smallest absolute Gasteiger partial charge is 0.281 e. The fourth-order valence-corrected chi connectivity index (χ4v) is 6.55. The number of aromatic nitrogens is 1. The molecule has 1 aromatic heterocycles. The monoisotopic (exact) mass is 607 g/mol. The standard InChI is InChI=1S/C32H34ClN3O5S/c1-20-17-23(18-21(2)30(20)33)41-15-7-11-25-24-10-4-6-13-27(24)35-31(25)32(38)36-42(39,40)16-8-14-29(37)28-19-22-9-3-5-12-26(22)34-28/h3-6,9-10,12-13,17-18,28,34-35H,7-8,11,14-16,19H2,1-2H3,(H,36,38)/t28-/m0/s1. The topological polar surface area (TPSA) is 117 Å². The largest absolute Gasteiger partial charge is 0.494 e. The molecule has 4 aromatic rings. The third kappa shape index (κ3) is 6.79. The Morgan fingerprint density at radius 3 is 2.50 bits per heavy atom. The van der Waals surface area contributed by atoms with Crippen LogP contribution in [0.15, 0.2) is 60.7 Å². The average molecular weight is 608 g/mol. The van der Waals surface area contributed by atoms with Gasteiger partial charge in [0.05, 0.1) is 18.4 Å². The number of para-hydroxylation sites is 2. The lowest BCUT2D eigenvalue weighted by Gasteiger charge is -2.11. The first-order valence-corrected chi connectivity index (χ1v) is 16.1. The molecule has 0 saturated heterocycles. The zero-order valence-corrected chi connectivity index (χ0v) is 25.2. The number of fused-ring (bicyclic) bond motifs is 2. The first-order chi connectivity index (χ1) is 20.1. The molecule has 5 rings (SSSR count). The maximum absolute atomic E-state index is 13.2. The van der Waals surface area contributed by atoms with Gasteiger partial charge in [-0.3, -0.25) is 9.59 Å². The summed E-state index contributed by atoms with van der Waals surface area (Å²) >= 11 is 6.25. The van der Waals surface area contributed by atoms with Crippen LogP contribution >= 0.6 is 11.6 Å². The molecule has 1 aliphatic rings. The summed E-state index contributed by atoms with van der Waals surface area (Å²) in [5.41, 5.74) is 5.57. The summed E-state index contributed by atoms with van der Waals surface area (Å²) in [6.07, 6.45) is 1.92. The molecule has 8 nitrogen and oxygen atoms in total. The normalized spacial score (nSPS) is 14.4. The predicted molar refractivity (Wildman–Crippen MR) is 166 cm³/mol. The van der Waals surface area contributed by atoms with Crippen molar-refractivity contribution in [3.63, 3.8) is 0 Å². The van der Waals surface area contributed by atoms with Crippen molar-refractivity contribution >= 4 is 49.9 Å². The van der Waals surface area contributed by atoms with Crippen LogP contribution < -0.4 is 14.8 Å². The lowest BCUT2D eigenvalue weighted by molar-refractivity contribution is -0.119. The van der Waals surface area contributed by atoms with Gasteiger partial charge in [0.2, 0.25) is 10.0 Å². The summed E-state index contributed by atoms with van der Waals surface area (Å²) < 4.78 is 33.8. The third-order valence-electron chi connectivity index (χ3n) is 7.53. The van der Waals surface area contributed by atoms with E-state index in [1.54, 1.807) is 0 Å². The molecule has 3 aromatic carbocycles. The first-order valence-electron chi connectivity index (χ1n) is 14.0. The van der Waals surface area contributed by atoms with Gasteiger partial charge < -0.3 is 15.0 Å². The highest BCUT2D eigenvalue weighted by atomic mass is 35.5. The van der Waals surface area contributed by atoms with Crippen molar-refractivity contribution in [1.29, 1.82) is 0 Å². The molecule has 1 aliphatic heterocycles. The molecule has 0 unspecified atom stereocenters. The number of H-pyrrole nitrogens is 1. The van der Waals surface area contributed by atoms with Crippen LogP contribution in [-0.2, 0) is 27.7 Å². The highest BCUT2D eigenvalue weighted by Crippen LogP contribution is 2.28. The van der Waals surface area contributed by atoms with Gasteiger partial charge in [0, 0.05) is 34.5 Å². The van der Waals surface area contributed by atoms with Gasteiger partial charge in [-0.1, -0.05) is 48.0 Å². The van der Waals surface area contributed by atoms with Crippen molar-refractivity contribution < 1.29 is 22.7 Å². The second kappa shape index (κ2) is 12.6. The lowest BCUT2D eigenvalue weighted by Crippen LogP contribution is -2.34. The number of anilines is 1. The first kappa shape index (κ1) is 29.7. The molecule has 42 heavy (non-hydrogen) atoms. The Hall–Kier alpha value is -3.82. The minimum Gasteiger partial charge on any atom is -0.494 e. The number of rotatable bonds is 12. The number of Topliss-reactive ketones (excluding diaryl/α,β-unsaturated/α-hetero) is 1. The lowest BCUT2D eigenvalue weighted by atomic mass is 10.0. The molecule has 3 N–H and O–H groups in total. The molecule has 1 atom stereocenters. The highest BCUT2D eigenvalue weighted by molar-refractivity contribution is 7.90. The minimum atomic E-state index is -3.96. The Balaban J connectivity index is 1.18. The zero-order valence-electron chi connectivity index (χ0n) is 23.6. The number of hydrogen-bond donors (Lipinski definition) is 3. The van der Waals surface area contributed by atoms with E-state index in [2.05, 4.69) is 15.0 Å². The molecule has 0 aliphatic carbocycles. The van der Waals surface area contributed by atoms with Crippen LogP contribution in [0.5, 0.6) is 5.75 Å². The summed E-state index contributed by atoms with van der Waals surface area (Å²) in [6.45, 7) is 4.27. The number of ether oxygens (including phenoxy) is 1. The number of halogens is 1. The SMILES string of the molecule is Cc1cc(OCCCc2c(C(=O)NS(=O)(=O)CCCC(=O)[C@@H]3Cc4ccccc4N3)[nH]c3ccccc23)cc(C)c1Cl. The summed E-state index contributed by atoms with van der Waals surface area (Å²) in [5, 5.41) is 4.78. The molecular formula is C32H34ClN3O5S. The number of ketones is 1. The van der Waals surface area contributed by atoms with Gasteiger partial charge in [-0.05, 0) is 79.6 Å². The molecule has 220 valence electrons. The van der Waals surface area contributed by atoms with Crippen LogP contribution in [0.2, 0.25) is 5.02 Å². The zero-order chi connectivity index (χ0) is 29.9. The predicted octanol–water partition coefficient (Wildman–Crippen LogP) is 5.90. The van der Waals surface area contributed by atoms with Gasteiger partial charge in [0.15, 0.2) is 5.78 Å². The quantitative estimate of drug-likeness (QED) is 0.173. The molecule has 0 fully saturated rings. The fourth-order valence-electron chi connectivity index (χ4n) is 5.43. The van der Waals surface area contributed by atoms with E-state index in [0.717, 1.165) is 49.6 Å². The fraction of sp³-hybridized carbons (Fsp3) is 0.312. The average Bonchev–Trinajstić information content (AvgIpc) is 3.56. The van der Waals surface area contributed by atoms with Crippen molar-refractivity contribution in [3.8, 4) is 5.75 Å². The van der Waals surface area contributed by atoms with Crippen LogP contribution in [0.1, 0.15) is 52.0 Å². The van der Waals surface area contributed by atoms with E-state index in [4.69, 9.17) is 16.3 Å². The van der Waals surface area contributed by atoms with Crippen molar-refractivity contribution in [1.82, 2.24) is 9.71 Å². The molecule has 0 saturated carbocycles. The second-order valence-electron chi connectivity index (χ2n) is 10.7. The van der Waals surface area contributed by atoms with Gasteiger partial charge in [-0.15, -0.1) is 0 Å². The van der Waals surface area contributed by atoms with Gasteiger partial charge in [0.25, 0.3) is 5.91 Å². The van der Waals surface area contributed by atoms with Crippen molar-refractivity contribution in [3.05, 3.63) is 93.6 Å². The third-order valence-corrected chi connectivity index (χ3v) is 9.45. The van der Waals surface area contributed by atoms with Gasteiger partial charge >= 0.3 is 0 Å². The van der Waals surface area contributed by atoms with Crippen LogP contribution in [0.4, 0.5) is 5.69 Å². The Bertz CT molecular complexity index is 1700. The Morgan fingerprint density at radius 2 is 1.74 bits per heavy atom. The summed E-state index contributed by atoms with van der Waals surface area (Å²) in [6, 6.07) is 18.6. The van der Waals surface area contributed by atoms with Gasteiger partial charge in [0.1, 0.15) is 11.4 Å². The van der Waals surface area contributed by atoms with Crippen LogP contribution in [-0.4, -0.2) is 43.5 Å². The Morgan fingerprint density at radius 1 is 1.02 bits per heavy atom. The van der Waals surface area contributed by atoms with Gasteiger partial charge in [-0.25, -0.2) is 13.1 Å². The molecule has 0 spiro atoms.